The van der Waals surface area contributed by atoms with Crippen molar-refractivity contribution in [2.24, 2.45) is 0 Å². The van der Waals surface area contributed by atoms with E-state index in [0.717, 1.165) is 38.5 Å². The molecule has 0 aromatic carbocycles. The molecule has 2 rings (SSSR count). The fourth-order valence-electron chi connectivity index (χ4n) is 9.12. The number of aliphatic hydroxyl groups excluding tert-OH is 7. The summed E-state index contributed by atoms with van der Waals surface area (Å²) >= 11 is 0. The minimum Gasteiger partial charge on any atom is -0.417 e. The van der Waals surface area contributed by atoms with E-state index < -0.39 is 80.7 Å². The number of hydrogen-bond acceptors (Lipinski definition) is 13. The lowest BCUT2D eigenvalue weighted by Gasteiger charge is -2.45. The topological polar surface area (TPSA) is 228 Å². The molecule has 390 valence electrons. The van der Waals surface area contributed by atoms with E-state index in [4.69, 9.17) is 18.9 Å². The van der Waals surface area contributed by atoms with E-state index in [9.17, 15) is 45.3 Å². The van der Waals surface area contributed by atoms with Crippen molar-refractivity contribution in [3.63, 3.8) is 0 Å². The lowest BCUT2D eigenvalue weighted by atomic mass is 9.97. The van der Waals surface area contributed by atoms with Gasteiger partial charge in [0.25, 0.3) is 0 Å². The second kappa shape index (κ2) is 39.1. The SMILES string of the molecule is CCCCCCCCCCCCCCCCCCN(CCCCCCCCCCCCCCCCCC)C(=O)CNC(=O)O[C@@H]1O[C@H](CO)[C@@H](O[C@@H]2O[C@H](CO)[C@H](O)[C@H](O)[C@H]2O)[C@H](O)[C@H]1O. The minimum absolute atomic E-state index is 0.250. The first-order valence-corrected chi connectivity index (χ1v) is 26.9. The predicted octanol–water partition coefficient (Wildman–Crippen LogP) is 7.69. The van der Waals surface area contributed by atoms with Crippen LogP contribution in [0.25, 0.3) is 0 Å². The van der Waals surface area contributed by atoms with Gasteiger partial charge in [0.05, 0.1) is 13.2 Å². The highest BCUT2D eigenvalue weighted by Crippen LogP contribution is 2.30. The van der Waals surface area contributed by atoms with Crippen LogP contribution in [-0.2, 0) is 23.7 Å². The van der Waals surface area contributed by atoms with Crippen LogP contribution in [0.4, 0.5) is 4.79 Å². The zero-order valence-electron chi connectivity index (χ0n) is 41.5. The molecule has 0 aromatic heterocycles. The Labute approximate surface area is 399 Å². The van der Waals surface area contributed by atoms with Crippen LogP contribution >= 0.6 is 0 Å². The number of hydrogen-bond donors (Lipinski definition) is 8. The summed E-state index contributed by atoms with van der Waals surface area (Å²) in [7, 11) is 0. The molecule has 0 bridgehead atoms. The molecule has 2 saturated heterocycles. The van der Waals surface area contributed by atoms with E-state index in [1.165, 1.54) is 167 Å². The van der Waals surface area contributed by atoms with E-state index in [0.29, 0.717) is 13.1 Å². The molecule has 0 spiro atoms. The van der Waals surface area contributed by atoms with Gasteiger partial charge in [-0.05, 0) is 12.8 Å². The molecule has 2 fully saturated rings. The Balaban J connectivity index is 1.76. The monoisotopic (exact) mass is 947 g/mol. The molecule has 2 aliphatic rings. The number of aliphatic hydroxyl groups is 7. The largest absolute Gasteiger partial charge is 0.417 e. The Bertz CT molecular complexity index is 1130. The Morgan fingerprint density at radius 3 is 1.18 bits per heavy atom. The molecule has 2 heterocycles. The highest BCUT2D eigenvalue weighted by Gasteiger charge is 2.51. The highest BCUT2D eigenvalue weighted by molar-refractivity contribution is 5.82. The first-order valence-electron chi connectivity index (χ1n) is 26.9. The van der Waals surface area contributed by atoms with Crippen LogP contribution in [-0.4, -0.2) is 147 Å². The summed E-state index contributed by atoms with van der Waals surface area (Å²) in [6.45, 7) is 3.87. The maximum atomic E-state index is 13.5. The number of nitrogens with zero attached hydrogens (tertiary/aromatic N) is 1. The van der Waals surface area contributed by atoms with Crippen LogP contribution in [0.1, 0.15) is 219 Å². The van der Waals surface area contributed by atoms with Crippen molar-refractivity contribution in [1.29, 1.82) is 0 Å². The number of alkyl carbamates (subject to hydrolysis) is 1. The summed E-state index contributed by atoms with van der Waals surface area (Å²) in [5.41, 5.74) is 0. The smallest absolute Gasteiger partial charge is 0.409 e. The van der Waals surface area contributed by atoms with E-state index in [1.54, 1.807) is 0 Å². The number of rotatable bonds is 41. The first kappa shape index (κ1) is 60.5. The summed E-state index contributed by atoms with van der Waals surface area (Å²) in [5.74, 6) is -0.250. The number of ether oxygens (including phenoxy) is 4. The molecule has 8 N–H and O–H groups in total. The second-order valence-corrected chi connectivity index (χ2v) is 19.3. The van der Waals surface area contributed by atoms with Crippen LogP contribution in [0, 0.1) is 0 Å². The molecule has 0 radical (unpaired) electrons. The van der Waals surface area contributed by atoms with Gasteiger partial charge in [0.2, 0.25) is 12.2 Å². The number of unbranched alkanes of at least 4 members (excludes halogenated alkanes) is 30. The van der Waals surface area contributed by atoms with Crippen molar-refractivity contribution in [2.75, 3.05) is 32.8 Å². The van der Waals surface area contributed by atoms with Crippen LogP contribution in [0.2, 0.25) is 0 Å². The average molecular weight is 947 g/mol. The van der Waals surface area contributed by atoms with Gasteiger partial charge in [0.1, 0.15) is 55.4 Å². The van der Waals surface area contributed by atoms with Crippen molar-refractivity contribution in [1.82, 2.24) is 10.2 Å². The van der Waals surface area contributed by atoms with Crippen molar-refractivity contribution in [3.05, 3.63) is 0 Å². The molecular formula is C51H98N2O13. The third kappa shape index (κ3) is 25.8. The summed E-state index contributed by atoms with van der Waals surface area (Å²) in [6, 6.07) is 0. The second-order valence-electron chi connectivity index (χ2n) is 19.3. The highest BCUT2D eigenvalue weighted by atomic mass is 16.8. The lowest BCUT2D eigenvalue weighted by molar-refractivity contribution is -0.354. The van der Waals surface area contributed by atoms with Gasteiger partial charge in [0, 0.05) is 13.1 Å². The lowest BCUT2D eigenvalue weighted by Crippen LogP contribution is -2.65. The maximum Gasteiger partial charge on any atom is 0.409 e. The number of carbonyl (C=O) groups is 2. The molecule has 0 aromatic rings. The van der Waals surface area contributed by atoms with Gasteiger partial charge >= 0.3 is 6.09 Å². The van der Waals surface area contributed by atoms with E-state index >= 15 is 0 Å². The molecule has 66 heavy (non-hydrogen) atoms. The van der Waals surface area contributed by atoms with Gasteiger partial charge in [-0.3, -0.25) is 4.79 Å². The molecule has 0 unspecified atom stereocenters. The normalized spacial score (nSPS) is 25.5. The van der Waals surface area contributed by atoms with Gasteiger partial charge in [-0.25, -0.2) is 4.79 Å². The molecule has 0 saturated carbocycles. The van der Waals surface area contributed by atoms with Crippen LogP contribution in [0.3, 0.4) is 0 Å². The molecule has 0 aliphatic carbocycles. The van der Waals surface area contributed by atoms with Gasteiger partial charge < -0.3 is 64.9 Å². The Kier molecular flexibility index (Phi) is 35.8. The van der Waals surface area contributed by atoms with Crippen molar-refractivity contribution in [2.45, 2.75) is 281 Å². The van der Waals surface area contributed by atoms with Gasteiger partial charge in [-0.1, -0.05) is 206 Å². The Morgan fingerprint density at radius 2 is 0.803 bits per heavy atom. The van der Waals surface area contributed by atoms with Gasteiger partial charge in [-0.2, -0.15) is 0 Å². The molecule has 2 aliphatic heterocycles. The quantitative estimate of drug-likeness (QED) is 0.0276. The Morgan fingerprint density at radius 1 is 0.455 bits per heavy atom. The van der Waals surface area contributed by atoms with Crippen molar-refractivity contribution < 1.29 is 64.3 Å². The molecular weight excluding hydrogens is 849 g/mol. The standard InChI is InChI=1S/C51H98N2O13/c1-3-5-7-9-11-13-15-17-19-21-23-25-27-29-31-33-35-53(36-34-32-30-28-26-24-22-20-18-16-14-12-10-8-6-4-2)42(56)37-52-51(62)66-50-47(61)45(59)48(41(39-55)64-50)65-49-46(60)44(58)43(57)40(38-54)63-49/h40-41,43-50,54-55,57-61H,3-39H2,1-2H3,(H,52,62)/t40-,41-,43+,44+,45-,46-,47-,48-,49+,50+/m1/s1. The summed E-state index contributed by atoms with van der Waals surface area (Å²) in [6.07, 6.45) is 22.9. The molecule has 2 amide bonds. The predicted molar refractivity (Wildman–Crippen MR) is 257 cm³/mol. The molecule has 10 atom stereocenters. The van der Waals surface area contributed by atoms with Crippen LogP contribution < -0.4 is 5.32 Å². The zero-order chi connectivity index (χ0) is 48.2. The van der Waals surface area contributed by atoms with E-state index in [-0.39, 0.29) is 12.5 Å². The zero-order valence-corrected chi connectivity index (χ0v) is 41.5. The number of amides is 2. The van der Waals surface area contributed by atoms with Crippen molar-refractivity contribution in [3.8, 4) is 0 Å². The average Bonchev–Trinajstić information content (AvgIpc) is 3.31. The molecule has 15 heteroatoms. The summed E-state index contributed by atoms with van der Waals surface area (Å²) < 4.78 is 21.7. The third-order valence-electron chi connectivity index (χ3n) is 13.5. The Hall–Kier alpha value is -1.66. The van der Waals surface area contributed by atoms with E-state index in [2.05, 4.69) is 19.2 Å². The van der Waals surface area contributed by atoms with E-state index in [1.807, 2.05) is 4.90 Å². The third-order valence-corrected chi connectivity index (χ3v) is 13.5. The fourth-order valence-corrected chi connectivity index (χ4v) is 9.12. The number of carbonyl (C=O) groups excluding carboxylic acids is 2. The summed E-state index contributed by atoms with van der Waals surface area (Å²) in [5, 5.41) is 74.3. The van der Waals surface area contributed by atoms with Crippen LogP contribution in [0.5, 0.6) is 0 Å². The van der Waals surface area contributed by atoms with Crippen LogP contribution in [0.15, 0.2) is 0 Å². The maximum absolute atomic E-state index is 13.5. The van der Waals surface area contributed by atoms with Gasteiger partial charge in [0.15, 0.2) is 6.29 Å². The fraction of sp³-hybridized carbons (Fsp3) is 0.961. The van der Waals surface area contributed by atoms with Gasteiger partial charge in [-0.15, -0.1) is 0 Å². The molecule has 15 nitrogen and oxygen atoms in total. The minimum atomic E-state index is -1.88. The van der Waals surface area contributed by atoms with Crippen molar-refractivity contribution >= 4 is 12.0 Å². The number of nitrogens with one attached hydrogen (secondary N) is 1. The summed E-state index contributed by atoms with van der Waals surface area (Å²) in [4.78, 5) is 28.2. The first-order chi connectivity index (χ1) is 32.1.